The van der Waals surface area contributed by atoms with Crippen LogP contribution in [0.3, 0.4) is 0 Å². The molecule has 1 N–H and O–H groups in total. The third-order valence-electron chi connectivity index (χ3n) is 4.34. The van der Waals surface area contributed by atoms with Gasteiger partial charge in [0.1, 0.15) is 11.3 Å². The molecule has 0 unspecified atom stereocenters. The normalized spacial score (nSPS) is 15.4. The lowest BCUT2D eigenvalue weighted by molar-refractivity contribution is 0.0596. The molecular weight excluding hydrogens is 380 g/mol. The number of hydrogen-bond donors (Lipinski definition) is 1. The standard InChI is InChI=1S/C17H26N2O5S.ClH/c1-4-11-19(13-7-9-18-10-8-13)25(21,22)14-5-6-16(23-2)15(12-14)17(20)24-3;/h5-6,12-13,18H,4,7-11H2,1-3H3;1H. The molecule has 148 valence electrons. The SMILES string of the molecule is CCCN(C1CCNCC1)S(=O)(=O)c1ccc(OC)c(C(=O)OC)c1.Cl. The Morgan fingerprint density at radius 1 is 1.27 bits per heavy atom. The lowest BCUT2D eigenvalue weighted by Gasteiger charge is -2.33. The van der Waals surface area contributed by atoms with Crippen molar-refractivity contribution in [1.82, 2.24) is 9.62 Å². The van der Waals surface area contributed by atoms with Gasteiger partial charge in [-0.25, -0.2) is 13.2 Å². The van der Waals surface area contributed by atoms with Crippen LogP contribution >= 0.6 is 12.4 Å². The molecule has 0 saturated carbocycles. The molecule has 0 radical (unpaired) electrons. The third kappa shape index (κ3) is 4.88. The van der Waals surface area contributed by atoms with Crippen molar-refractivity contribution in [3.05, 3.63) is 23.8 Å². The highest BCUT2D eigenvalue weighted by Gasteiger charge is 2.32. The first-order valence-electron chi connectivity index (χ1n) is 8.44. The summed E-state index contributed by atoms with van der Waals surface area (Å²) in [5.74, 6) is -0.340. The first kappa shape index (κ1) is 22.7. The van der Waals surface area contributed by atoms with Gasteiger partial charge in [-0.2, -0.15) is 4.31 Å². The minimum atomic E-state index is -3.71. The fourth-order valence-electron chi connectivity index (χ4n) is 3.07. The fraction of sp³-hybridized carbons (Fsp3) is 0.588. The van der Waals surface area contributed by atoms with Gasteiger partial charge in [0.15, 0.2) is 0 Å². The van der Waals surface area contributed by atoms with Crippen molar-refractivity contribution < 1.29 is 22.7 Å². The van der Waals surface area contributed by atoms with E-state index in [0.29, 0.717) is 6.54 Å². The number of rotatable bonds is 7. The van der Waals surface area contributed by atoms with Crippen LogP contribution in [-0.4, -0.2) is 58.6 Å². The van der Waals surface area contributed by atoms with E-state index in [1.165, 1.54) is 32.4 Å². The molecule has 0 spiro atoms. The van der Waals surface area contributed by atoms with Crippen molar-refractivity contribution >= 4 is 28.4 Å². The average Bonchev–Trinajstić information content (AvgIpc) is 2.65. The van der Waals surface area contributed by atoms with Gasteiger partial charge in [0.2, 0.25) is 10.0 Å². The van der Waals surface area contributed by atoms with Crippen LogP contribution < -0.4 is 10.1 Å². The zero-order chi connectivity index (χ0) is 18.4. The van der Waals surface area contributed by atoms with Crippen LogP contribution in [0.15, 0.2) is 23.1 Å². The van der Waals surface area contributed by atoms with Crippen LogP contribution in [0.1, 0.15) is 36.5 Å². The number of carbonyl (C=O) groups is 1. The van der Waals surface area contributed by atoms with Crippen molar-refractivity contribution in [2.24, 2.45) is 0 Å². The molecule has 7 nitrogen and oxygen atoms in total. The molecule has 0 bridgehead atoms. The van der Waals surface area contributed by atoms with Crippen LogP contribution in [-0.2, 0) is 14.8 Å². The van der Waals surface area contributed by atoms with Crippen molar-refractivity contribution in [2.45, 2.75) is 37.1 Å². The quantitative estimate of drug-likeness (QED) is 0.697. The highest BCUT2D eigenvalue weighted by molar-refractivity contribution is 7.89. The van der Waals surface area contributed by atoms with Crippen LogP contribution in [0, 0.1) is 0 Å². The summed E-state index contributed by atoms with van der Waals surface area (Å²) in [6, 6.07) is 4.27. The van der Waals surface area contributed by atoms with Crippen molar-refractivity contribution in [3.8, 4) is 5.75 Å². The predicted octanol–water partition coefficient (Wildman–Crippen LogP) is 2.06. The number of sulfonamides is 1. The minimum Gasteiger partial charge on any atom is -0.496 e. The molecule has 1 saturated heterocycles. The number of carbonyl (C=O) groups excluding carboxylic acids is 1. The third-order valence-corrected chi connectivity index (χ3v) is 6.29. The highest BCUT2D eigenvalue weighted by atomic mass is 35.5. The Hall–Kier alpha value is -1.35. The van der Waals surface area contributed by atoms with E-state index in [1.807, 2.05) is 6.92 Å². The van der Waals surface area contributed by atoms with E-state index < -0.39 is 16.0 Å². The molecule has 1 aromatic carbocycles. The summed E-state index contributed by atoms with van der Waals surface area (Å²) in [7, 11) is -1.03. The summed E-state index contributed by atoms with van der Waals surface area (Å²) >= 11 is 0. The van der Waals surface area contributed by atoms with Gasteiger partial charge in [-0.05, 0) is 50.6 Å². The Bertz CT molecular complexity index is 705. The molecule has 9 heteroatoms. The Morgan fingerprint density at radius 2 is 1.92 bits per heavy atom. The monoisotopic (exact) mass is 406 g/mol. The largest absolute Gasteiger partial charge is 0.496 e. The number of benzene rings is 1. The number of piperidine rings is 1. The van der Waals surface area contributed by atoms with Crippen LogP contribution in [0.2, 0.25) is 0 Å². The Balaban J connectivity index is 0.00000338. The average molecular weight is 407 g/mol. The second-order valence-corrected chi connectivity index (χ2v) is 7.84. The lowest BCUT2D eigenvalue weighted by atomic mass is 10.1. The molecule has 2 rings (SSSR count). The minimum absolute atomic E-state index is 0. The maximum atomic E-state index is 13.2. The van der Waals surface area contributed by atoms with E-state index in [4.69, 9.17) is 9.47 Å². The van der Waals surface area contributed by atoms with Gasteiger partial charge in [-0.1, -0.05) is 6.92 Å². The molecular formula is C17H27ClN2O5S. The van der Waals surface area contributed by atoms with Gasteiger partial charge >= 0.3 is 5.97 Å². The van der Waals surface area contributed by atoms with Gasteiger partial charge in [0.25, 0.3) is 0 Å². The van der Waals surface area contributed by atoms with E-state index in [0.717, 1.165) is 32.4 Å². The van der Waals surface area contributed by atoms with Gasteiger partial charge in [0.05, 0.1) is 19.1 Å². The van der Waals surface area contributed by atoms with Gasteiger partial charge in [-0.15, -0.1) is 12.4 Å². The zero-order valence-electron chi connectivity index (χ0n) is 15.4. The van der Waals surface area contributed by atoms with Crippen molar-refractivity contribution in [3.63, 3.8) is 0 Å². The number of hydrogen-bond acceptors (Lipinski definition) is 6. The molecule has 1 heterocycles. The molecule has 1 aromatic rings. The summed E-state index contributed by atoms with van der Waals surface area (Å²) in [6.07, 6.45) is 2.28. The fourth-order valence-corrected chi connectivity index (χ4v) is 4.87. The molecule has 0 amide bonds. The second-order valence-electron chi connectivity index (χ2n) is 5.95. The van der Waals surface area contributed by atoms with Crippen LogP contribution in [0.4, 0.5) is 0 Å². The lowest BCUT2D eigenvalue weighted by Crippen LogP contribution is -2.46. The first-order valence-corrected chi connectivity index (χ1v) is 9.88. The molecule has 1 aliphatic rings. The maximum absolute atomic E-state index is 13.2. The van der Waals surface area contributed by atoms with Gasteiger partial charge in [0, 0.05) is 12.6 Å². The molecule has 26 heavy (non-hydrogen) atoms. The topological polar surface area (TPSA) is 84.9 Å². The summed E-state index contributed by atoms with van der Waals surface area (Å²) in [5, 5.41) is 3.25. The number of esters is 1. The van der Waals surface area contributed by atoms with E-state index in [2.05, 4.69) is 5.32 Å². The summed E-state index contributed by atoms with van der Waals surface area (Å²) < 4.78 is 37.8. The molecule has 0 aliphatic carbocycles. The van der Waals surface area contributed by atoms with Gasteiger partial charge < -0.3 is 14.8 Å². The maximum Gasteiger partial charge on any atom is 0.341 e. The molecule has 0 aromatic heterocycles. The van der Waals surface area contributed by atoms with Crippen molar-refractivity contribution in [2.75, 3.05) is 33.9 Å². The van der Waals surface area contributed by atoms with Crippen molar-refractivity contribution in [1.29, 1.82) is 0 Å². The van der Waals surface area contributed by atoms with E-state index in [1.54, 1.807) is 4.31 Å². The van der Waals surface area contributed by atoms with E-state index in [9.17, 15) is 13.2 Å². The summed E-state index contributed by atoms with van der Waals surface area (Å²) in [4.78, 5) is 12.0. The molecule has 1 fully saturated rings. The smallest absolute Gasteiger partial charge is 0.341 e. The number of halogens is 1. The van der Waals surface area contributed by atoms with E-state index >= 15 is 0 Å². The Labute approximate surface area is 161 Å². The van der Waals surface area contributed by atoms with Gasteiger partial charge in [-0.3, -0.25) is 0 Å². The number of methoxy groups -OCH3 is 2. The number of nitrogens with one attached hydrogen (secondary N) is 1. The first-order chi connectivity index (χ1) is 12.0. The molecule has 1 aliphatic heterocycles. The number of nitrogens with zero attached hydrogens (tertiary/aromatic N) is 1. The Morgan fingerprint density at radius 3 is 2.46 bits per heavy atom. The predicted molar refractivity (Wildman–Crippen MR) is 102 cm³/mol. The summed E-state index contributed by atoms with van der Waals surface area (Å²) in [6.45, 7) is 4.01. The van der Waals surface area contributed by atoms with Crippen LogP contribution in [0.25, 0.3) is 0 Å². The Kier molecular flexibility index (Phi) is 8.82. The zero-order valence-corrected chi connectivity index (χ0v) is 17.0. The van der Waals surface area contributed by atoms with Crippen LogP contribution in [0.5, 0.6) is 5.75 Å². The molecule has 0 atom stereocenters. The highest BCUT2D eigenvalue weighted by Crippen LogP contribution is 2.28. The van der Waals surface area contributed by atoms with E-state index in [-0.39, 0.29) is 34.7 Å². The second kappa shape index (κ2) is 10.1. The number of ether oxygens (including phenoxy) is 2. The summed E-state index contributed by atoms with van der Waals surface area (Å²) in [5.41, 5.74) is 0.104.